The fourth-order valence-corrected chi connectivity index (χ4v) is 5.48. The first-order valence-corrected chi connectivity index (χ1v) is 10.9. The summed E-state index contributed by atoms with van der Waals surface area (Å²) in [4.78, 5) is 0. The molecule has 0 aromatic heterocycles. The smallest absolute Gasteiger partial charge is 0.216 e. The molecule has 3 rings (SSSR count). The standard InChI is InChI=1S/C19H29NO3S/c21-24(22,16-19-8-4-5-15-23-19)20-13-11-18(12-14-20)10-9-17-6-2-1-3-7-17/h1-3,6-7,18-19H,4-5,8-16H2. The third-order valence-electron chi connectivity index (χ3n) is 5.32. The van der Waals surface area contributed by atoms with E-state index in [1.54, 1.807) is 4.31 Å². The summed E-state index contributed by atoms with van der Waals surface area (Å²) in [5.74, 6) is 0.810. The highest BCUT2D eigenvalue weighted by atomic mass is 32.2. The number of ether oxygens (including phenoxy) is 1. The van der Waals surface area contributed by atoms with Gasteiger partial charge in [0.25, 0.3) is 0 Å². The number of nitrogens with zero attached hydrogens (tertiary/aromatic N) is 1. The van der Waals surface area contributed by atoms with E-state index in [4.69, 9.17) is 4.74 Å². The van der Waals surface area contributed by atoms with Gasteiger partial charge in [0.1, 0.15) is 0 Å². The van der Waals surface area contributed by atoms with Crippen LogP contribution in [-0.4, -0.2) is 44.3 Å². The fourth-order valence-electron chi connectivity index (χ4n) is 3.77. The molecule has 1 unspecified atom stereocenters. The van der Waals surface area contributed by atoms with Gasteiger partial charge in [0.15, 0.2) is 0 Å². The number of hydrogen-bond donors (Lipinski definition) is 0. The predicted octanol–water partition coefficient (Wildman–Crippen LogP) is 3.23. The van der Waals surface area contributed by atoms with Crippen LogP contribution in [0.4, 0.5) is 0 Å². The van der Waals surface area contributed by atoms with Gasteiger partial charge < -0.3 is 4.74 Å². The summed E-state index contributed by atoms with van der Waals surface area (Å²) in [5.41, 5.74) is 1.38. The van der Waals surface area contributed by atoms with Gasteiger partial charge in [0.2, 0.25) is 10.0 Å². The lowest BCUT2D eigenvalue weighted by atomic mass is 9.91. The molecule has 0 amide bonds. The van der Waals surface area contributed by atoms with Crippen molar-refractivity contribution >= 4 is 10.0 Å². The van der Waals surface area contributed by atoms with Crippen LogP contribution in [0, 0.1) is 5.92 Å². The molecule has 2 saturated heterocycles. The number of hydrogen-bond acceptors (Lipinski definition) is 3. The van der Waals surface area contributed by atoms with E-state index in [-0.39, 0.29) is 11.9 Å². The summed E-state index contributed by atoms with van der Waals surface area (Å²) in [5, 5.41) is 0. The Kier molecular flexibility index (Phi) is 6.31. The van der Waals surface area contributed by atoms with Crippen LogP contribution in [0.3, 0.4) is 0 Å². The minimum Gasteiger partial charge on any atom is -0.377 e. The number of rotatable bonds is 6. The average molecular weight is 352 g/mol. The van der Waals surface area contributed by atoms with Gasteiger partial charge in [-0.3, -0.25) is 0 Å². The molecule has 1 aromatic rings. The first-order valence-electron chi connectivity index (χ1n) is 9.27. The molecule has 4 nitrogen and oxygen atoms in total. The zero-order chi connectivity index (χ0) is 16.8. The normalized spacial score (nSPS) is 24.1. The van der Waals surface area contributed by atoms with Crippen molar-refractivity contribution in [3.05, 3.63) is 35.9 Å². The van der Waals surface area contributed by atoms with E-state index in [0.717, 1.165) is 44.9 Å². The van der Waals surface area contributed by atoms with Gasteiger partial charge in [-0.25, -0.2) is 12.7 Å². The summed E-state index contributed by atoms with van der Waals surface area (Å²) >= 11 is 0. The van der Waals surface area contributed by atoms with Gasteiger partial charge in [0, 0.05) is 19.7 Å². The van der Waals surface area contributed by atoms with Crippen molar-refractivity contribution in [1.82, 2.24) is 4.31 Å². The monoisotopic (exact) mass is 351 g/mol. The van der Waals surface area contributed by atoms with E-state index in [1.807, 2.05) is 6.07 Å². The summed E-state index contributed by atoms with van der Waals surface area (Å²) in [7, 11) is -3.17. The van der Waals surface area contributed by atoms with Crippen molar-refractivity contribution in [3.8, 4) is 0 Å². The maximum Gasteiger partial charge on any atom is 0.216 e. The van der Waals surface area contributed by atoms with Crippen LogP contribution in [0.25, 0.3) is 0 Å². The molecule has 2 aliphatic rings. The molecule has 0 radical (unpaired) electrons. The number of piperidine rings is 1. The largest absolute Gasteiger partial charge is 0.377 e. The molecular weight excluding hydrogens is 322 g/mol. The highest BCUT2D eigenvalue weighted by molar-refractivity contribution is 7.89. The Bertz CT molecular complexity index is 588. The molecule has 1 atom stereocenters. The Hall–Kier alpha value is -0.910. The Morgan fingerprint density at radius 1 is 1.04 bits per heavy atom. The SMILES string of the molecule is O=S(=O)(CC1CCCCO1)N1CCC(CCc2ccccc2)CC1. The molecule has 2 heterocycles. The van der Waals surface area contributed by atoms with Gasteiger partial charge in [-0.2, -0.15) is 0 Å². The summed E-state index contributed by atoms with van der Waals surface area (Å²) in [6, 6.07) is 10.5. The van der Waals surface area contributed by atoms with Crippen LogP contribution in [0.1, 0.15) is 44.1 Å². The van der Waals surface area contributed by atoms with Gasteiger partial charge in [-0.15, -0.1) is 0 Å². The van der Waals surface area contributed by atoms with Crippen molar-refractivity contribution < 1.29 is 13.2 Å². The quantitative estimate of drug-likeness (QED) is 0.790. The average Bonchev–Trinajstić information content (AvgIpc) is 2.62. The lowest BCUT2D eigenvalue weighted by Crippen LogP contribution is -2.42. The third kappa shape index (κ3) is 5.04. The molecule has 1 aromatic carbocycles. The van der Waals surface area contributed by atoms with E-state index >= 15 is 0 Å². The van der Waals surface area contributed by atoms with Crippen LogP contribution >= 0.6 is 0 Å². The second-order valence-corrected chi connectivity index (χ2v) is 9.15. The van der Waals surface area contributed by atoms with Gasteiger partial charge in [0.05, 0.1) is 11.9 Å². The predicted molar refractivity (Wildman–Crippen MR) is 96.4 cm³/mol. The Morgan fingerprint density at radius 2 is 1.79 bits per heavy atom. The molecule has 5 heteroatoms. The van der Waals surface area contributed by atoms with Crippen LogP contribution in [0.5, 0.6) is 0 Å². The van der Waals surface area contributed by atoms with Crippen molar-refractivity contribution in [2.75, 3.05) is 25.4 Å². The molecule has 0 saturated carbocycles. The molecular formula is C19H29NO3S. The number of benzene rings is 1. The lowest BCUT2D eigenvalue weighted by Gasteiger charge is -2.33. The zero-order valence-corrected chi connectivity index (χ0v) is 15.2. The van der Waals surface area contributed by atoms with Gasteiger partial charge in [-0.1, -0.05) is 30.3 Å². The maximum atomic E-state index is 12.6. The minimum atomic E-state index is -3.17. The molecule has 0 N–H and O–H groups in total. The summed E-state index contributed by atoms with van der Waals surface area (Å²) in [6.45, 7) is 2.06. The molecule has 24 heavy (non-hydrogen) atoms. The number of sulfonamides is 1. The van der Waals surface area contributed by atoms with Crippen LogP contribution in [0.2, 0.25) is 0 Å². The van der Waals surface area contributed by atoms with E-state index < -0.39 is 10.0 Å². The van der Waals surface area contributed by atoms with Crippen molar-refractivity contribution in [3.63, 3.8) is 0 Å². The second-order valence-electron chi connectivity index (χ2n) is 7.13. The van der Waals surface area contributed by atoms with Crippen LogP contribution < -0.4 is 0 Å². The van der Waals surface area contributed by atoms with Crippen LogP contribution in [0.15, 0.2) is 30.3 Å². The molecule has 134 valence electrons. The van der Waals surface area contributed by atoms with Crippen molar-refractivity contribution in [2.24, 2.45) is 5.92 Å². The first-order chi connectivity index (χ1) is 11.6. The minimum absolute atomic E-state index is 0.0976. The third-order valence-corrected chi connectivity index (χ3v) is 7.27. The Labute approximate surface area is 146 Å². The zero-order valence-electron chi connectivity index (χ0n) is 14.4. The summed E-state index contributed by atoms with van der Waals surface area (Å²) < 4.78 is 32.5. The van der Waals surface area contributed by atoms with Gasteiger partial charge >= 0.3 is 0 Å². The highest BCUT2D eigenvalue weighted by Crippen LogP contribution is 2.25. The maximum absolute atomic E-state index is 12.6. The topological polar surface area (TPSA) is 46.6 Å². The van der Waals surface area contributed by atoms with E-state index in [9.17, 15) is 8.42 Å². The van der Waals surface area contributed by atoms with Crippen molar-refractivity contribution in [1.29, 1.82) is 0 Å². The number of aryl methyl sites for hydroxylation is 1. The molecule has 0 spiro atoms. The summed E-state index contributed by atoms with van der Waals surface area (Å²) in [6.07, 6.45) is 7.14. The molecule has 0 aliphatic carbocycles. The Balaban J connectivity index is 1.43. The van der Waals surface area contributed by atoms with Gasteiger partial charge in [-0.05, 0) is 56.4 Å². The second kappa shape index (κ2) is 8.45. The lowest BCUT2D eigenvalue weighted by molar-refractivity contribution is 0.0297. The van der Waals surface area contributed by atoms with Crippen LogP contribution in [-0.2, 0) is 21.2 Å². The highest BCUT2D eigenvalue weighted by Gasteiger charge is 2.31. The van der Waals surface area contributed by atoms with E-state index in [0.29, 0.717) is 25.6 Å². The van der Waals surface area contributed by atoms with E-state index in [1.165, 1.54) is 5.56 Å². The molecule has 0 bridgehead atoms. The van der Waals surface area contributed by atoms with E-state index in [2.05, 4.69) is 24.3 Å². The molecule has 2 fully saturated rings. The fraction of sp³-hybridized carbons (Fsp3) is 0.684. The van der Waals surface area contributed by atoms with Crippen molar-refractivity contribution in [2.45, 2.75) is 51.0 Å². The molecule has 2 aliphatic heterocycles. The Morgan fingerprint density at radius 3 is 2.46 bits per heavy atom. The first kappa shape index (κ1) is 17.9.